The van der Waals surface area contributed by atoms with Gasteiger partial charge in [-0.25, -0.2) is 4.39 Å². The number of amides is 1. The van der Waals surface area contributed by atoms with Crippen molar-refractivity contribution in [2.45, 2.75) is 51.9 Å². The second kappa shape index (κ2) is 10.0. The zero-order valence-electron chi connectivity index (χ0n) is 17.4. The molecule has 0 saturated heterocycles. The number of nitrogens with one attached hydrogen (secondary N) is 1. The van der Waals surface area contributed by atoms with Gasteiger partial charge < -0.3 is 15.2 Å². The van der Waals surface area contributed by atoms with Crippen molar-refractivity contribution in [3.63, 3.8) is 0 Å². The van der Waals surface area contributed by atoms with E-state index in [1.54, 1.807) is 18.2 Å². The van der Waals surface area contributed by atoms with Crippen LogP contribution in [0.3, 0.4) is 0 Å². The molecule has 2 aromatic rings. The van der Waals surface area contributed by atoms with Crippen LogP contribution in [0.1, 0.15) is 66.2 Å². The molecule has 1 aliphatic rings. The van der Waals surface area contributed by atoms with Gasteiger partial charge in [-0.1, -0.05) is 19.8 Å². The van der Waals surface area contributed by atoms with Crippen molar-refractivity contribution >= 4 is 34.0 Å². The Kier molecular flexibility index (Phi) is 7.43. The van der Waals surface area contributed by atoms with Crippen molar-refractivity contribution in [3.05, 3.63) is 46.3 Å². The molecule has 1 saturated carbocycles. The number of aliphatic carboxylic acids is 1. The van der Waals surface area contributed by atoms with E-state index in [0.29, 0.717) is 28.3 Å². The van der Waals surface area contributed by atoms with Crippen LogP contribution in [0.2, 0.25) is 0 Å². The summed E-state index contributed by atoms with van der Waals surface area (Å²) in [5.74, 6) is -1.09. The van der Waals surface area contributed by atoms with Crippen molar-refractivity contribution in [1.82, 2.24) is 0 Å². The number of alkyl halides is 1. The zero-order valence-corrected chi connectivity index (χ0v) is 18.2. The van der Waals surface area contributed by atoms with E-state index in [2.05, 4.69) is 5.32 Å². The SMILES string of the molecule is CCc1cc(C(=O)c2ccc(OCF)cc2)c(NC(=O)CC2(CC(=O)O)CCCC2)s1. The number of carboxylic acids is 1. The number of carbonyl (C=O) groups excluding carboxylic acids is 2. The fourth-order valence-corrected chi connectivity index (χ4v) is 5.18. The van der Waals surface area contributed by atoms with E-state index in [9.17, 15) is 23.9 Å². The van der Waals surface area contributed by atoms with Crippen LogP contribution in [0.4, 0.5) is 9.39 Å². The monoisotopic (exact) mass is 447 g/mol. The lowest BCUT2D eigenvalue weighted by atomic mass is 9.79. The molecule has 0 bridgehead atoms. The lowest BCUT2D eigenvalue weighted by Crippen LogP contribution is -2.27. The van der Waals surface area contributed by atoms with Crippen LogP contribution in [-0.2, 0) is 16.0 Å². The number of carboxylic acid groups (broad SMARTS) is 1. The summed E-state index contributed by atoms with van der Waals surface area (Å²) in [5.41, 5.74) is 0.283. The highest BCUT2D eigenvalue weighted by Crippen LogP contribution is 2.44. The van der Waals surface area contributed by atoms with E-state index in [-0.39, 0.29) is 24.5 Å². The third kappa shape index (κ3) is 5.70. The topological polar surface area (TPSA) is 92.7 Å². The van der Waals surface area contributed by atoms with Crippen molar-refractivity contribution in [1.29, 1.82) is 0 Å². The van der Waals surface area contributed by atoms with Crippen LogP contribution in [0.15, 0.2) is 30.3 Å². The Labute approximate surface area is 184 Å². The van der Waals surface area contributed by atoms with Gasteiger partial charge in [0.1, 0.15) is 10.8 Å². The summed E-state index contributed by atoms with van der Waals surface area (Å²) in [6, 6.07) is 7.93. The smallest absolute Gasteiger partial charge is 0.303 e. The number of hydrogen-bond acceptors (Lipinski definition) is 5. The molecule has 1 amide bonds. The standard InChI is InChI=1S/C23H26FNO5S/c1-2-17-11-18(21(29)15-5-7-16(8-6-15)30-14-24)22(31-17)25-19(26)12-23(13-20(27)28)9-3-4-10-23/h5-8,11H,2-4,9-10,12-14H2,1H3,(H,25,26)(H,27,28). The summed E-state index contributed by atoms with van der Waals surface area (Å²) in [6.07, 6.45) is 4.10. The van der Waals surface area contributed by atoms with Crippen LogP contribution in [0.5, 0.6) is 5.75 Å². The molecule has 6 nitrogen and oxygen atoms in total. The van der Waals surface area contributed by atoms with Crippen LogP contribution in [0, 0.1) is 5.41 Å². The predicted molar refractivity (Wildman–Crippen MR) is 117 cm³/mol. The Morgan fingerprint density at radius 2 is 1.84 bits per heavy atom. The molecule has 31 heavy (non-hydrogen) atoms. The van der Waals surface area contributed by atoms with Gasteiger partial charge in [-0.2, -0.15) is 0 Å². The molecule has 1 aliphatic carbocycles. The highest BCUT2D eigenvalue weighted by molar-refractivity contribution is 7.16. The fourth-order valence-electron chi connectivity index (χ4n) is 4.17. The number of ketones is 1. The second-order valence-electron chi connectivity index (χ2n) is 7.92. The normalized spacial score (nSPS) is 14.9. The molecule has 1 fully saturated rings. The van der Waals surface area contributed by atoms with Gasteiger partial charge in [0.25, 0.3) is 0 Å². The van der Waals surface area contributed by atoms with E-state index < -0.39 is 18.2 Å². The largest absolute Gasteiger partial charge is 0.481 e. The van der Waals surface area contributed by atoms with Crippen molar-refractivity contribution < 1.29 is 28.6 Å². The molecule has 1 aromatic carbocycles. The molecule has 0 spiro atoms. The van der Waals surface area contributed by atoms with Gasteiger partial charge in [0, 0.05) is 16.9 Å². The van der Waals surface area contributed by atoms with E-state index >= 15 is 0 Å². The number of halogens is 1. The average Bonchev–Trinajstić information content (AvgIpc) is 3.34. The van der Waals surface area contributed by atoms with E-state index in [4.69, 9.17) is 4.74 Å². The molecule has 0 radical (unpaired) electrons. The highest BCUT2D eigenvalue weighted by Gasteiger charge is 2.38. The third-order valence-corrected chi connectivity index (χ3v) is 6.89. The minimum absolute atomic E-state index is 0.0237. The number of benzene rings is 1. The lowest BCUT2D eigenvalue weighted by Gasteiger charge is -2.26. The number of aryl methyl sites for hydroxylation is 1. The van der Waals surface area contributed by atoms with Gasteiger partial charge >= 0.3 is 5.97 Å². The quantitative estimate of drug-likeness (QED) is 0.488. The van der Waals surface area contributed by atoms with Gasteiger partial charge in [-0.3, -0.25) is 14.4 Å². The summed E-state index contributed by atoms with van der Waals surface area (Å²) in [6.45, 7) is 1.02. The maximum absolute atomic E-state index is 13.1. The summed E-state index contributed by atoms with van der Waals surface area (Å²) in [4.78, 5) is 38.1. The Bertz CT molecular complexity index is 947. The number of hydrogen-bond donors (Lipinski definition) is 2. The summed E-state index contributed by atoms with van der Waals surface area (Å²) < 4.78 is 17.1. The zero-order chi connectivity index (χ0) is 22.4. The number of ether oxygens (including phenoxy) is 1. The van der Waals surface area contributed by atoms with Gasteiger partial charge in [-0.05, 0) is 55.0 Å². The van der Waals surface area contributed by atoms with Crippen molar-refractivity contribution in [2.75, 3.05) is 12.2 Å². The lowest BCUT2D eigenvalue weighted by molar-refractivity contribution is -0.140. The Morgan fingerprint density at radius 3 is 2.42 bits per heavy atom. The number of thiophene rings is 1. The van der Waals surface area contributed by atoms with Crippen molar-refractivity contribution in [2.24, 2.45) is 5.41 Å². The molecule has 1 heterocycles. The third-order valence-electron chi connectivity index (χ3n) is 5.69. The minimum atomic E-state index is -0.947. The molecule has 3 rings (SSSR count). The first-order valence-corrected chi connectivity index (χ1v) is 11.2. The summed E-state index contributed by atoms with van der Waals surface area (Å²) in [7, 11) is 0. The number of anilines is 1. The number of rotatable bonds is 10. The maximum Gasteiger partial charge on any atom is 0.303 e. The first-order valence-electron chi connectivity index (χ1n) is 10.3. The average molecular weight is 448 g/mol. The van der Waals surface area contributed by atoms with E-state index in [1.807, 2.05) is 6.92 Å². The van der Waals surface area contributed by atoms with Gasteiger partial charge in [0.2, 0.25) is 12.8 Å². The molecule has 0 atom stereocenters. The maximum atomic E-state index is 13.1. The van der Waals surface area contributed by atoms with Crippen LogP contribution < -0.4 is 10.1 Å². The fraction of sp³-hybridized carbons (Fsp3) is 0.435. The first-order chi connectivity index (χ1) is 14.9. The minimum Gasteiger partial charge on any atom is -0.481 e. The first kappa shape index (κ1) is 22.9. The molecule has 0 unspecified atom stereocenters. The molecule has 2 N–H and O–H groups in total. The highest BCUT2D eigenvalue weighted by atomic mass is 32.1. The van der Waals surface area contributed by atoms with E-state index in [0.717, 1.165) is 30.6 Å². The molecule has 1 aromatic heterocycles. The molecular formula is C23H26FNO5S. The van der Waals surface area contributed by atoms with E-state index in [1.165, 1.54) is 23.5 Å². The van der Waals surface area contributed by atoms with Crippen LogP contribution >= 0.6 is 11.3 Å². The van der Waals surface area contributed by atoms with Crippen molar-refractivity contribution in [3.8, 4) is 5.75 Å². The van der Waals surface area contributed by atoms with Gasteiger partial charge in [0.05, 0.1) is 12.0 Å². The Morgan fingerprint density at radius 1 is 1.16 bits per heavy atom. The van der Waals surface area contributed by atoms with Crippen LogP contribution in [0.25, 0.3) is 0 Å². The van der Waals surface area contributed by atoms with Gasteiger partial charge in [-0.15, -0.1) is 11.3 Å². The Balaban J connectivity index is 1.78. The van der Waals surface area contributed by atoms with Crippen LogP contribution in [-0.4, -0.2) is 29.6 Å². The Hall–Kier alpha value is -2.74. The molecule has 0 aliphatic heterocycles. The number of carbonyl (C=O) groups is 3. The second-order valence-corrected chi connectivity index (χ2v) is 9.06. The van der Waals surface area contributed by atoms with Gasteiger partial charge in [0.15, 0.2) is 5.78 Å². The molecule has 166 valence electrons. The molecular weight excluding hydrogens is 421 g/mol. The summed E-state index contributed by atoms with van der Waals surface area (Å²) >= 11 is 1.35. The molecule has 8 heteroatoms. The predicted octanol–water partition coefficient (Wildman–Crippen LogP) is 5.21. The summed E-state index contributed by atoms with van der Waals surface area (Å²) in [5, 5.41) is 12.6.